The van der Waals surface area contributed by atoms with Gasteiger partial charge >= 0.3 is 5.97 Å². The molecule has 126 valence electrons. The molecule has 0 aliphatic rings. The van der Waals surface area contributed by atoms with Gasteiger partial charge in [0.2, 0.25) is 5.16 Å². The number of ether oxygens (including phenoxy) is 2. The minimum atomic E-state index is -0.348. The number of thioether (sulfide) groups is 1. The summed E-state index contributed by atoms with van der Waals surface area (Å²) in [7, 11) is 2.94. The number of thiophene rings is 1. The largest absolute Gasteiger partial charge is 0.468 e. The molecule has 3 aromatic heterocycles. The summed E-state index contributed by atoms with van der Waals surface area (Å²) in [5.41, 5.74) is 7.79. The fourth-order valence-corrected chi connectivity index (χ4v) is 3.58. The minimum Gasteiger partial charge on any atom is -0.468 e. The third-order valence-electron chi connectivity index (χ3n) is 3.17. The highest BCUT2D eigenvalue weighted by atomic mass is 32.2. The monoisotopic (exact) mass is 365 g/mol. The quantitative estimate of drug-likeness (QED) is 0.521. The molecule has 0 radical (unpaired) electrons. The molecule has 24 heavy (non-hydrogen) atoms. The van der Waals surface area contributed by atoms with E-state index in [0.29, 0.717) is 29.1 Å². The number of fused-ring (bicyclic) bond motifs is 1. The van der Waals surface area contributed by atoms with Crippen molar-refractivity contribution in [1.29, 1.82) is 0 Å². The Morgan fingerprint density at radius 2 is 2.25 bits per heavy atom. The predicted molar refractivity (Wildman–Crippen MR) is 92.0 cm³/mol. The van der Waals surface area contributed by atoms with Gasteiger partial charge in [0.05, 0.1) is 30.7 Å². The molecule has 0 fully saturated rings. The molecule has 3 rings (SSSR count). The van der Waals surface area contributed by atoms with Crippen LogP contribution in [0.4, 0.5) is 5.82 Å². The molecular formula is C14H15N5O3S2. The second-order valence-electron chi connectivity index (χ2n) is 4.70. The van der Waals surface area contributed by atoms with Crippen molar-refractivity contribution in [3.05, 3.63) is 23.2 Å². The number of nitrogens with two attached hydrogens (primary N) is 1. The molecule has 3 heterocycles. The summed E-state index contributed by atoms with van der Waals surface area (Å²) in [6, 6.07) is 3.91. The summed E-state index contributed by atoms with van der Waals surface area (Å²) < 4.78 is 11.3. The molecule has 0 atom stereocenters. The molecule has 0 spiro atoms. The number of hydrogen-bond acceptors (Lipinski definition) is 9. The Kier molecular flexibility index (Phi) is 4.97. The average molecular weight is 365 g/mol. The van der Waals surface area contributed by atoms with Crippen LogP contribution >= 0.6 is 23.1 Å². The van der Waals surface area contributed by atoms with E-state index in [1.165, 1.54) is 23.4 Å². The molecule has 0 amide bonds. The first kappa shape index (κ1) is 16.7. The Bertz CT molecular complexity index is 863. The highest BCUT2D eigenvalue weighted by Gasteiger charge is 2.19. The highest BCUT2D eigenvalue weighted by Crippen LogP contribution is 2.33. The second kappa shape index (κ2) is 7.16. The van der Waals surface area contributed by atoms with E-state index in [1.54, 1.807) is 18.4 Å². The molecule has 2 N–H and O–H groups in total. The molecule has 0 saturated heterocycles. The molecule has 0 aliphatic carbocycles. The van der Waals surface area contributed by atoms with Gasteiger partial charge < -0.3 is 15.2 Å². The van der Waals surface area contributed by atoms with Crippen LogP contribution < -0.4 is 5.73 Å². The van der Waals surface area contributed by atoms with E-state index in [1.807, 2.05) is 17.5 Å². The lowest BCUT2D eigenvalue weighted by Crippen LogP contribution is -2.08. The lowest BCUT2D eigenvalue weighted by molar-refractivity contribution is -0.137. The number of aromatic nitrogens is 4. The average Bonchev–Trinajstić information content (AvgIpc) is 3.22. The minimum absolute atomic E-state index is 0.121. The van der Waals surface area contributed by atoms with Gasteiger partial charge in [0.25, 0.3) is 5.78 Å². The van der Waals surface area contributed by atoms with Gasteiger partial charge in [-0.1, -0.05) is 17.8 Å². The molecule has 0 aliphatic heterocycles. The number of methoxy groups -OCH3 is 2. The lowest BCUT2D eigenvalue weighted by Gasteiger charge is -2.10. The van der Waals surface area contributed by atoms with E-state index < -0.39 is 0 Å². The number of rotatable bonds is 6. The molecule has 0 unspecified atom stereocenters. The molecular weight excluding hydrogens is 350 g/mol. The van der Waals surface area contributed by atoms with Crippen molar-refractivity contribution in [3.8, 4) is 10.4 Å². The van der Waals surface area contributed by atoms with Crippen LogP contribution in [0.25, 0.3) is 16.2 Å². The van der Waals surface area contributed by atoms with Crippen molar-refractivity contribution < 1.29 is 14.3 Å². The van der Waals surface area contributed by atoms with E-state index in [4.69, 9.17) is 10.5 Å². The van der Waals surface area contributed by atoms with Gasteiger partial charge in [-0.15, -0.1) is 16.4 Å². The summed E-state index contributed by atoms with van der Waals surface area (Å²) in [5, 5.41) is 6.70. The summed E-state index contributed by atoms with van der Waals surface area (Å²) in [6.45, 7) is 0.311. The number of hydrogen-bond donors (Lipinski definition) is 1. The first-order valence-electron chi connectivity index (χ1n) is 6.91. The normalized spacial score (nSPS) is 11.1. The summed E-state index contributed by atoms with van der Waals surface area (Å²) in [5.74, 6) is 0.578. The van der Waals surface area contributed by atoms with E-state index in [-0.39, 0.29) is 11.7 Å². The van der Waals surface area contributed by atoms with E-state index in [9.17, 15) is 4.79 Å². The topological polar surface area (TPSA) is 105 Å². The Balaban J connectivity index is 2.05. The van der Waals surface area contributed by atoms with Crippen LogP contribution in [0.2, 0.25) is 0 Å². The smallest absolute Gasteiger partial charge is 0.316 e. The number of carbonyl (C=O) groups is 1. The maximum absolute atomic E-state index is 11.3. The van der Waals surface area contributed by atoms with Gasteiger partial charge in [-0.3, -0.25) is 4.79 Å². The molecule has 3 aromatic rings. The van der Waals surface area contributed by atoms with Crippen molar-refractivity contribution in [2.75, 3.05) is 25.7 Å². The molecule has 0 saturated carbocycles. The van der Waals surface area contributed by atoms with E-state index in [2.05, 4.69) is 19.8 Å². The zero-order valence-corrected chi connectivity index (χ0v) is 14.7. The third-order valence-corrected chi connectivity index (χ3v) is 4.87. The van der Waals surface area contributed by atoms with E-state index >= 15 is 0 Å². The number of nitrogen functional groups attached to an aromatic ring is 1. The zero-order valence-electron chi connectivity index (χ0n) is 13.1. The predicted octanol–water partition coefficient (Wildman–Crippen LogP) is 1.85. The van der Waals surface area contributed by atoms with Crippen LogP contribution in [0, 0.1) is 0 Å². The Hall–Kier alpha value is -2.17. The van der Waals surface area contributed by atoms with Crippen LogP contribution in [0.1, 0.15) is 5.69 Å². The standard InChI is InChI=1S/C14H15N5O3S2/c1-21-6-8-11(9-4-3-5-23-9)12(15)19-13(16-8)17-14(18-19)24-7-10(20)22-2/h3-5H,6-7,15H2,1-2H3. The van der Waals surface area contributed by atoms with Gasteiger partial charge in [-0.2, -0.15) is 9.50 Å². The van der Waals surface area contributed by atoms with Crippen molar-refractivity contribution in [3.63, 3.8) is 0 Å². The first-order valence-corrected chi connectivity index (χ1v) is 8.78. The lowest BCUT2D eigenvalue weighted by atomic mass is 10.2. The van der Waals surface area contributed by atoms with Gasteiger partial charge in [0.1, 0.15) is 5.82 Å². The number of anilines is 1. The summed E-state index contributed by atoms with van der Waals surface area (Å²) in [4.78, 5) is 21.1. The van der Waals surface area contributed by atoms with E-state index in [0.717, 1.165) is 10.4 Å². The fourth-order valence-electron chi connectivity index (χ4n) is 2.12. The van der Waals surface area contributed by atoms with Crippen LogP contribution in [0.5, 0.6) is 0 Å². The summed E-state index contributed by atoms with van der Waals surface area (Å²) >= 11 is 2.73. The third kappa shape index (κ3) is 3.21. The zero-order chi connectivity index (χ0) is 17.1. The van der Waals surface area contributed by atoms with Crippen molar-refractivity contribution >= 4 is 40.7 Å². The van der Waals surface area contributed by atoms with Crippen LogP contribution in [-0.4, -0.2) is 45.5 Å². The SMILES string of the molecule is COCc1nc2nc(SCC(=O)OC)nn2c(N)c1-c1cccs1. The van der Waals surface area contributed by atoms with Crippen molar-refractivity contribution in [2.24, 2.45) is 0 Å². The number of esters is 1. The Morgan fingerprint density at radius 1 is 1.42 bits per heavy atom. The van der Waals surface area contributed by atoms with Gasteiger partial charge in [-0.05, 0) is 11.4 Å². The van der Waals surface area contributed by atoms with Crippen LogP contribution in [0.15, 0.2) is 22.7 Å². The Labute approximate surface area is 146 Å². The molecule has 10 heteroatoms. The van der Waals surface area contributed by atoms with Crippen LogP contribution in [0.3, 0.4) is 0 Å². The fraction of sp³-hybridized carbons (Fsp3) is 0.286. The highest BCUT2D eigenvalue weighted by molar-refractivity contribution is 7.99. The number of nitrogens with zero attached hydrogens (tertiary/aromatic N) is 4. The molecule has 8 nitrogen and oxygen atoms in total. The van der Waals surface area contributed by atoms with Crippen molar-refractivity contribution in [1.82, 2.24) is 19.6 Å². The maximum atomic E-state index is 11.3. The van der Waals surface area contributed by atoms with Gasteiger partial charge in [0.15, 0.2) is 0 Å². The Morgan fingerprint density at radius 3 is 2.92 bits per heavy atom. The second-order valence-corrected chi connectivity index (χ2v) is 6.59. The molecule has 0 aromatic carbocycles. The molecule has 0 bridgehead atoms. The summed E-state index contributed by atoms with van der Waals surface area (Å²) in [6.07, 6.45) is 0. The number of carbonyl (C=O) groups excluding carboxylic acids is 1. The van der Waals surface area contributed by atoms with Gasteiger partial charge in [-0.25, -0.2) is 4.98 Å². The van der Waals surface area contributed by atoms with Crippen LogP contribution in [-0.2, 0) is 20.9 Å². The first-order chi connectivity index (χ1) is 11.6. The van der Waals surface area contributed by atoms with Crippen molar-refractivity contribution in [2.45, 2.75) is 11.8 Å². The maximum Gasteiger partial charge on any atom is 0.316 e. The van der Waals surface area contributed by atoms with Gasteiger partial charge in [0, 0.05) is 12.0 Å².